The second kappa shape index (κ2) is 5.77. The maximum atomic E-state index is 5.58. The van der Waals surface area contributed by atoms with Crippen molar-refractivity contribution in [1.29, 1.82) is 0 Å². The minimum absolute atomic E-state index is 0.411. The summed E-state index contributed by atoms with van der Waals surface area (Å²) >= 11 is 1.48. The summed E-state index contributed by atoms with van der Waals surface area (Å²) in [4.78, 5) is 8.74. The minimum atomic E-state index is -0.492. The Kier molecular flexibility index (Phi) is 4.28. The summed E-state index contributed by atoms with van der Waals surface area (Å²) in [7, 11) is 1.67. The first-order valence-electron chi connectivity index (χ1n) is 6.23. The van der Waals surface area contributed by atoms with Crippen LogP contribution in [0.4, 0.5) is 0 Å². The first-order chi connectivity index (χ1) is 9.19. The lowest BCUT2D eigenvalue weighted by atomic mass is 9.96. The van der Waals surface area contributed by atoms with Gasteiger partial charge in [-0.1, -0.05) is 19.0 Å². The number of rotatable bonds is 6. The standard InChI is InChI=1S/C12H18N4O2S/c1-4-12(5-2,17-3)11-15-10(18-16-11)8-7-19-9(6-13)14-8/h7H,4-6,13H2,1-3H3. The topological polar surface area (TPSA) is 87.1 Å². The third-order valence-electron chi connectivity index (χ3n) is 3.31. The summed E-state index contributed by atoms with van der Waals surface area (Å²) in [6.07, 6.45) is 1.56. The van der Waals surface area contributed by atoms with Gasteiger partial charge in [-0.05, 0) is 12.8 Å². The highest BCUT2D eigenvalue weighted by atomic mass is 32.1. The number of hydrogen-bond donors (Lipinski definition) is 1. The van der Waals surface area contributed by atoms with Crippen LogP contribution in [0.5, 0.6) is 0 Å². The third kappa shape index (κ3) is 2.54. The molecule has 0 aliphatic rings. The maximum Gasteiger partial charge on any atom is 0.277 e. The van der Waals surface area contributed by atoms with E-state index in [1.807, 2.05) is 19.2 Å². The molecule has 2 aromatic heterocycles. The second-order valence-electron chi connectivity index (χ2n) is 4.16. The van der Waals surface area contributed by atoms with Crippen LogP contribution in [0.25, 0.3) is 11.6 Å². The van der Waals surface area contributed by atoms with E-state index in [1.54, 1.807) is 7.11 Å². The number of thiazole rings is 1. The predicted octanol–water partition coefficient (Wildman–Crippen LogP) is 2.31. The summed E-state index contributed by atoms with van der Waals surface area (Å²) in [6, 6.07) is 0. The average Bonchev–Trinajstić information content (AvgIpc) is 3.10. The highest BCUT2D eigenvalue weighted by molar-refractivity contribution is 7.09. The van der Waals surface area contributed by atoms with E-state index in [1.165, 1.54) is 11.3 Å². The van der Waals surface area contributed by atoms with Gasteiger partial charge in [-0.15, -0.1) is 11.3 Å². The minimum Gasteiger partial charge on any atom is -0.370 e. The largest absolute Gasteiger partial charge is 0.370 e. The Morgan fingerprint density at radius 2 is 2.11 bits per heavy atom. The summed E-state index contributed by atoms with van der Waals surface area (Å²) < 4.78 is 10.9. The number of aromatic nitrogens is 3. The third-order valence-corrected chi connectivity index (χ3v) is 4.18. The van der Waals surface area contributed by atoms with Gasteiger partial charge in [0.1, 0.15) is 16.3 Å². The van der Waals surface area contributed by atoms with E-state index in [4.69, 9.17) is 15.0 Å². The van der Waals surface area contributed by atoms with Gasteiger partial charge in [0.05, 0.1) is 0 Å². The van der Waals surface area contributed by atoms with Crippen molar-refractivity contribution in [2.45, 2.75) is 38.8 Å². The zero-order chi connectivity index (χ0) is 13.9. The summed E-state index contributed by atoms with van der Waals surface area (Å²) in [5, 5.41) is 6.75. The van der Waals surface area contributed by atoms with Crippen molar-refractivity contribution in [1.82, 2.24) is 15.1 Å². The zero-order valence-electron chi connectivity index (χ0n) is 11.3. The molecule has 0 spiro atoms. The summed E-state index contributed by atoms with van der Waals surface area (Å²) in [6.45, 7) is 4.49. The molecule has 0 fully saturated rings. The molecular formula is C12H18N4O2S. The van der Waals surface area contributed by atoms with E-state index in [0.29, 0.717) is 24.0 Å². The molecule has 0 saturated heterocycles. The number of nitrogens with two attached hydrogens (primary N) is 1. The fourth-order valence-electron chi connectivity index (χ4n) is 1.96. The van der Waals surface area contributed by atoms with Crippen LogP contribution in [0.3, 0.4) is 0 Å². The Balaban J connectivity index is 2.32. The molecule has 0 aliphatic heterocycles. The first kappa shape index (κ1) is 14.1. The Morgan fingerprint density at radius 1 is 1.37 bits per heavy atom. The molecule has 19 heavy (non-hydrogen) atoms. The molecule has 0 bridgehead atoms. The second-order valence-corrected chi connectivity index (χ2v) is 5.10. The van der Waals surface area contributed by atoms with E-state index < -0.39 is 5.60 Å². The fourth-order valence-corrected chi connectivity index (χ4v) is 2.61. The first-order valence-corrected chi connectivity index (χ1v) is 7.11. The molecule has 0 atom stereocenters. The van der Waals surface area contributed by atoms with Gasteiger partial charge in [-0.3, -0.25) is 0 Å². The quantitative estimate of drug-likeness (QED) is 0.874. The molecule has 7 heteroatoms. The highest BCUT2D eigenvalue weighted by Crippen LogP contribution is 2.31. The van der Waals surface area contributed by atoms with Crippen LogP contribution >= 0.6 is 11.3 Å². The van der Waals surface area contributed by atoms with E-state index in [2.05, 4.69) is 15.1 Å². The van der Waals surface area contributed by atoms with Gasteiger partial charge in [-0.25, -0.2) is 4.98 Å². The molecule has 0 radical (unpaired) electrons. The van der Waals surface area contributed by atoms with Crippen LogP contribution in [-0.4, -0.2) is 22.2 Å². The predicted molar refractivity (Wildman–Crippen MR) is 72.6 cm³/mol. The fraction of sp³-hybridized carbons (Fsp3) is 0.583. The van der Waals surface area contributed by atoms with Crippen molar-refractivity contribution in [2.24, 2.45) is 5.73 Å². The Labute approximate surface area is 116 Å². The summed E-state index contributed by atoms with van der Waals surface area (Å²) in [5.41, 5.74) is 5.72. The molecule has 0 aliphatic carbocycles. The van der Waals surface area contributed by atoms with E-state index >= 15 is 0 Å². The number of hydrogen-bond acceptors (Lipinski definition) is 7. The molecule has 2 rings (SSSR count). The molecule has 0 amide bonds. The van der Waals surface area contributed by atoms with E-state index in [0.717, 1.165) is 17.8 Å². The van der Waals surface area contributed by atoms with Crippen LogP contribution in [0.15, 0.2) is 9.90 Å². The van der Waals surface area contributed by atoms with E-state index in [9.17, 15) is 0 Å². The van der Waals surface area contributed by atoms with Gasteiger partial charge >= 0.3 is 0 Å². The van der Waals surface area contributed by atoms with Crippen molar-refractivity contribution in [2.75, 3.05) is 7.11 Å². The average molecular weight is 282 g/mol. The van der Waals surface area contributed by atoms with Gasteiger partial charge in [0, 0.05) is 19.0 Å². The molecule has 2 aromatic rings. The Morgan fingerprint density at radius 3 is 2.63 bits per heavy atom. The van der Waals surface area contributed by atoms with Crippen molar-refractivity contribution >= 4 is 11.3 Å². The SMILES string of the molecule is CCC(CC)(OC)c1noc(-c2csc(CN)n2)n1. The molecule has 0 aromatic carbocycles. The molecule has 104 valence electrons. The van der Waals surface area contributed by atoms with Crippen LogP contribution in [0.2, 0.25) is 0 Å². The van der Waals surface area contributed by atoms with Crippen LogP contribution < -0.4 is 5.73 Å². The molecule has 0 unspecified atom stereocenters. The van der Waals surface area contributed by atoms with Crippen molar-refractivity contribution in [3.63, 3.8) is 0 Å². The number of ether oxygens (including phenoxy) is 1. The molecule has 0 saturated carbocycles. The van der Waals surface area contributed by atoms with E-state index in [-0.39, 0.29) is 0 Å². The van der Waals surface area contributed by atoms with Gasteiger partial charge in [0.25, 0.3) is 5.89 Å². The molecule has 6 nitrogen and oxygen atoms in total. The molecular weight excluding hydrogens is 264 g/mol. The van der Waals surface area contributed by atoms with Gasteiger partial charge in [-0.2, -0.15) is 4.98 Å². The van der Waals surface area contributed by atoms with Crippen LogP contribution in [-0.2, 0) is 16.9 Å². The lowest BCUT2D eigenvalue weighted by Gasteiger charge is -2.25. The maximum absolute atomic E-state index is 5.58. The molecule has 2 N–H and O–H groups in total. The molecule has 2 heterocycles. The Bertz CT molecular complexity index is 525. The Hall–Kier alpha value is -1.31. The number of methoxy groups -OCH3 is 1. The smallest absolute Gasteiger partial charge is 0.277 e. The van der Waals surface area contributed by atoms with Crippen molar-refractivity contribution in [3.8, 4) is 11.6 Å². The normalized spacial score (nSPS) is 12.0. The zero-order valence-corrected chi connectivity index (χ0v) is 12.2. The lowest BCUT2D eigenvalue weighted by molar-refractivity contribution is -0.0306. The lowest BCUT2D eigenvalue weighted by Crippen LogP contribution is -2.28. The van der Waals surface area contributed by atoms with Gasteiger partial charge in [0.2, 0.25) is 5.82 Å². The monoisotopic (exact) mass is 282 g/mol. The highest BCUT2D eigenvalue weighted by Gasteiger charge is 2.34. The van der Waals surface area contributed by atoms with Gasteiger partial charge in [0.15, 0.2) is 0 Å². The van der Waals surface area contributed by atoms with Crippen molar-refractivity contribution < 1.29 is 9.26 Å². The van der Waals surface area contributed by atoms with Crippen LogP contribution in [0, 0.1) is 0 Å². The van der Waals surface area contributed by atoms with Crippen molar-refractivity contribution in [3.05, 3.63) is 16.2 Å². The summed E-state index contributed by atoms with van der Waals surface area (Å²) in [5.74, 6) is 0.978. The number of nitrogens with zero attached hydrogens (tertiary/aromatic N) is 3. The van der Waals surface area contributed by atoms with Gasteiger partial charge < -0.3 is 15.0 Å². The van der Waals surface area contributed by atoms with Crippen LogP contribution in [0.1, 0.15) is 37.5 Å².